The second kappa shape index (κ2) is 5.22. The van der Waals surface area contributed by atoms with Crippen LogP contribution in [0, 0.1) is 18.6 Å². The van der Waals surface area contributed by atoms with Crippen LogP contribution in [0.25, 0.3) is 0 Å². The van der Waals surface area contributed by atoms with Crippen LogP contribution in [0.4, 0.5) is 8.78 Å². The zero-order chi connectivity index (χ0) is 16.0. The Morgan fingerprint density at radius 3 is 2.61 bits per heavy atom. The van der Waals surface area contributed by atoms with Gasteiger partial charge in [-0.3, -0.25) is 0 Å². The van der Waals surface area contributed by atoms with E-state index in [0.717, 1.165) is 6.07 Å². The van der Waals surface area contributed by atoms with Crippen LogP contribution in [0.3, 0.4) is 0 Å². The summed E-state index contributed by atoms with van der Waals surface area (Å²) in [7, 11) is 0. The highest BCUT2D eigenvalue weighted by atomic mass is 19.1. The number of halogens is 2. The Labute approximate surface area is 129 Å². The summed E-state index contributed by atoms with van der Waals surface area (Å²) in [6, 6.07) is 3.61. The zero-order valence-electron chi connectivity index (χ0n) is 12.2. The first-order chi connectivity index (χ1) is 11.1. The van der Waals surface area contributed by atoms with Gasteiger partial charge >= 0.3 is 0 Å². The van der Waals surface area contributed by atoms with Crippen molar-refractivity contribution in [3.05, 3.63) is 58.8 Å². The highest BCUT2D eigenvalue weighted by molar-refractivity contribution is 5.32. The third kappa shape index (κ3) is 2.71. The smallest absolute Gasteiger partial charge is 0.230 e. The number of hydrogen-bond acceptors (Lipinski definition) is 6. The normalized spacial score (nSPS) is 20.0. The van der Waals surface area contributed by atoms with Crippen molar-refractivity contribution < 1.29 is 17.8 Å². The van der Waals surface area contributed by atoms with Crippen molar-refractivity contribution in [2.75, 3.05) is 0 Å². The summed E-state index contributed by atoms with van der Waals surface area (Å²) in [6.45, 7) is 1.70. The largest absolute Gasteiger partial charge is 0.340 e. The fraction of sp³-hybridized carbons (Fsp3) is 0.333. The third-order valence-corrected chi connectivity index (χ3v) is 3.84. The molecule has 0 N–H and O–H groups in total. The second-order valence-corrected chi connectivity index (χ2v) is 5.57. The summed E-state index contributed by atoms with van der Waals surface area (Å²) in [6.07, 6.45) is 1.01. The highest BCUT2D eigenvalue weighted by Gasteiger charge is 2.45. The van der Waals surface area contributed by atoms with Gasteiger partial charge in [-0.05, 0) is 24.0 Å². The first-order valence-corrected chi connectivity index (χ1v) is 7.17. The van der Waals surface area contributed by atoms with Crippen molar-refractivity contribution >= 4 is 0 Å². The Kier molecular flexibility index (Phi) is 3.17. The van der Waals surface area contributed by atoms with E-state index in [9.17, 15) is 8.78 Å². The van der Waals surface area contributed by atoms with Gasteiger partial charge in [0.15, 0.2) is 11.6 Å². The molecule has 3 aromatic rings. The number of aromatic nitrogens is 4. The lowest BCUT2D eigenvalue weighted by Gasteiger charge is -2.00. The summed E-state index contributed by atoms with van der Waals surface area (Å²) >= 11 is 0. The number of nitrogens with zero attached hydrogens (tertiary/aromatic N) is 4. The second-order valence-electron chi connectivity index (χ2n) is 5.57. The van der Waals surface area contributed by atoms with Crippen molar-refractivity contribution in [2.45, 2.75) is 31.6 Å². The zero-order valence-corrected chi connectivity index (χ0v) is 12.2. The van der Waals surface area contributed by atoms with E-state index in [1.54, 1.807) is 6.92 Å². The quantitative estimate of drug-likeness (QED) is 0.736. The third-order valence-electron chi connectivity index (χ3n) is 3.84. The SMILES string of the molecule is Cc1nc(Cc2noc([C@@H]3C[C@H]3c3ccc(F)cc3F)n2)no1. The van der Waals surface area contributed by atoms with Crippen molar-refractivity contribution in [3.63, 3.8) is 0 Å². The van der Waals surface area contributed by atoms with Gasteiger partial charge in [0.25, 0.3) is 0 Å². The minimum Gasteiger partial charge on any atom is -0.340 e. The number of aryl methyl sites for hydroxylation is 1. The summed E-state index contributed by atoms with van der Waals surface area (Å²) in [5.74, 6) is 0.627. The molecule has 0 aliphatic heterocycles. The lowest BCUT2D eigenvalue weighted by atomic mass is 10.1. The van der Waals surface area contributed by atoms with Gasteiger partial charge in [0.1, 0.15) is 11.6 Å². The van der Waals surface area contributed by atoms with Gasteiger partial charge in [-0.2, -0.15) is 9.97 Å². The Morgan fingerprint density at radius 1 is 1.09 bits per heavy atom. The first-order valence-electron chi connectivity index (χ1n) is 7.17. The Balaban J connectivity index is 1.48. The minimum absolute atomic E-state index is 0.0387. The van der Waals surface area contributed by atoms with Gasteiger partial charge in [0.2, 0.25) is 11.8 Å². The molecular formula is C15H12F2N4O2. The molecule has 23 heavy (non-hydrogen) atoms. The van der Waals surface area contributed by atoms with Crippen molar-refractivity contribution in [2.24, 2.45) is 0 Å². The van der Waals surface area contributed by atoms with Crippen LogP contribution in [0.5, 0.6) is 0 Å². The molecule has 0 amide bonds. The molecule has 6 nitrogen and oxygen atoms in total. The summed E-state index contributed by atoms with van der Waals surface area (Å²) in [5, 5.41) is 7.66. The van der Waals surface area contributed by atoms with Crippen LogP contribution < -0.4 is 0 Å². The molecule has 118 valence electrons. The van der Waals surface area contributed by atoms with Crippen LogP contribution in [0.15, 0.2) is 27.2 Å². The Hall–Kier alpha value is -2.64. The molecule has 2 atom stereocenters. The monoisotopic (exact) mass is 318 g/mol. The lowest BCUT2D eigenvalue weighted by Crippen LogP contribution is -1.94. The number of rotatable bonds is 4. The molecular weight excluding hydrogens is 306 g/mol. The lowest BCUT2D eigenvalue weighted by molar-refractivity contribution is 0.371. The van der Waals surface area contributed by atoms with Crippen LogP contribution in [-0.4, -0.2) is 20.3 Å². The molecule has 2 aromatic heterocycles. The maximum atomic E-state index is 13.8. The van der Waals surface area contributed by atoms with E-state index in [-0.39, 0.29) is 11.8 Å². The fourth-order valence-electron chi connectivity index (χ4n) is 2.66. The average Bonchev–Trinajstić information content (AvgIpc) is 2.95. The molecule has 1 aromatic carbocycles. The van der Waals surface area contributed by atoms with Gasteiger partial charge in [-0.15, -0.1) is 0 Å². The van der Waals surface area contributed by atoms with Crippen LogP contribution in [-0.2, 0) is 6.42 Å². The molecule has 1 aliphatic carbocycles. The molecule has 1 saturated carbocycles. The minimum atomic E-state index is -0.584. The van der Waals surface area contributed by atoms with E-state index in [2.05, 4.69) is 20.3 Å². The van der Waals surface area contributed by atoms with Gasteiger partial charge in [-0.1, -0.05) is 16.4 Å². The maximum absolute atomic E-state index is 13.8. The van der Waals surface area contributed by atoms with E-state index in [1.807, 2.05) is 0 Å². The molecule has 1 fully saturated rings. The predicted octanol–water partition coefficient (Wildman–Crippen LogP) is 2.90. The number of benzene rings is 1. The van der Waals surface area contributed by atoms with Crippen LogP contribution in [0.1, 0.15) is 47.3 Å². The van der Waals surface area contributed by atoms with Crippen molar-refractivity contribution in [1.82, 2.24) is 20.3 Å². The average molecular weight is 318 g/mol. The Morgan fingerprint density at radius 2 is 1.87 bits per heavy atom. The molecule has 0 unspecified atom stereocenters. The van der Waals surface area contributed by atoms with Gasteiger partial charge in [-0.25, -0.2) is 8.78 Å². The molecule has 0 bridgehead atoms. The molecule has 0 radical (unpaired) electrons. The van der Waals surface area contributed by atoms with Crippen molar-refractivity contribution in [3.8, 4) is 0 Å². The van der Waals surface area contributed by atoms with E-state index in [4.69, 9.17) is 9.05 Å². The maximum Gasteiger partial charge on any atom is 0.230 e. The summed E-state index contributed by atoms with van der Waals surface area (Å²) in [4.78, 5) is 8.38. The van der Waals surface area contributed by atoms with Gasteiger partial charge < -0.3 is 9.05 Å². The molecule has 1 aliphatic rings. The summed E-state index contributed by atoms with van der Waals surface area (Å²) in [5.41, 5.74) is 0.477. The molecule has 0 spiro atoms. The topological polar surface area (TPSA) is 77.8 Å². The highest BCUT2D eigenvalue weighted by Crippen LogP contribution is 2.54. The molecule has 0 saturated heterocycles. The van der Waals surface area contributed by atoms with Gasteiger partial charge in [0.05, 0.1) is 6.42 Å². The van der Waals surface area contributed by atoms with E-state index < -0.39 is 11.6 Å². The van der Waals surface area contributed by atoms with E-state index in [1.165, 1.54) is 12.1 Å². The Bertz CT molecular complexity index is 861. The summed E-state index contributed by atoms with van der Waals surface area (Å²) < 4.78 is 36.9. The van der Waals surface area contributed by atoms with E-state index >= 15 is 0 Å². The fourth-order valence-corrected chi connectivity index (χ4v) is 2.66. The predicted molar refractivity (Wildman–Crippen MR) is 72.6 cm³/mol. The van der Waals surface area contributed by atoms with Crippen LogP contribution in [0.2, 0.25) is 0 Å². The van der Waals surface area contributed by atoms with Crippen LogP contribution >= 0.6 is 0 Å². The number of hydrogen-bond donors (Lipinski definition) is 0. The first kappa shape index (κ1) is 14.0. The molecule has 4 rings (SSSR count). The molecule has 8 heteroatoms. The molecule has 2 heterocycles. The van der Waals surface area contributed by atoms with Gasteiger partial charge in [0, 0.05) is 18.9 Å². The van der Waals surface area contributed by atoms with E-state index in [0.29, 0.717) is 41.8 Å². The standard InChI is InChI=1S/C15H12F2N4O2/c1-7-18-13(20-22-7)6-14-19-15(23-21-14)11-5-10(11)9-3-2-8(16)4-12(9)17/h2-4,10-11H,5-6H2,1H3/t10-,11+/m0/s1. The van der Waals surface area contributed by atoms with Crippen molar-refractivity contribution in [1.29, 1.82) is 0 Å².